The number of aromatic nitrogens is 1. The van der Waals surface area contributed by atoms with E-state index in [4.69, 9.17) is 0 Å². The van der Waals surface area contributed by atoms with Gasteiger partial charge in [0, 0.05) is 11.6 Å². The maximum absolute atomic E-state index is 10.3. The third kappa shape index (κ3) is 0.955. The van der Waals surface area contributed by atoms with Crippen molar-refractivity contribution in [3.05, 3.63) is 41.4 Å². The molecule has 2 rings (SSSR count). The second-order valence-electron chi connectivity index (χ2n) is 2.44. The van der Waals surface area contributed by atoms with Crippen molar-refractivity contribution >= 4 is 16.6 Å². The van der Waals surface area contributed by atoms with E-state index in [0.717, 1.165) is 5.39 Å². The Kier molecular flexibility index (Phi) is 1.55. The first kappa shape index (κ1) is 6.91. The van der Waals surface area contributed by atoms with Crippen LogP contribution in [-0.2, 0) is 0 Å². The van der Waals surface area contributed by atoms with Gasteiger partial charge in [-0.3, -0.25) is 4.98 Å². The minimum atomic E-state index is 0.396. The van der Waals surface area contributed by atoms with Crippen molar-refractivity contribution < 1.29 is 0 Å². The fourth-order valence-electron chi connectivity index (χ4n) is 1.16. The van der Waals surface area contributed by atoms with Crippen LogP contribution in [0, 0.1) is 4.91 Å². The molecule has 3 nitrogen and oxygen atoms in total. The van der Waals surface area contributed by atoms with Crippen LogP contribution in [0.2, 0.25) is 0 Å². The molecule has 2 aromatic rings. The summed E-state index contributed by atoms with van der Waals surface area (Å²) in [6, 6.07) is 9.08. The van der Waals surface area contributed by atoms with E-state index in [0.29, 0.717) is 11.2 Å². The SMILES string of the molecule is O=Nc1cccc2cccnc12. The molecule has 0 saturated carbocycles. The van der Waals surface area contributed by atoms with Crippen molar-refractivity contribution in [2.75, 3.05) is 0 Å². The molecule has 0 radical (unpaired) electrons. The summed E-state index contributed by atoms with van der Waals surface area (Å²) in [6.45, 7) is 0. The van der Waals surface area contributed by atoms with Gasteiger partial charge in [-0.15, -0.1) is 4.91 Å². The summed E-state index contributed by atoms with van der Waals surface area (Å²) in [5.41, 5.74) is 1.06. The molecular formula is C9H6N2O. The Morgan fingerprint density at radius 1 is 1.17 bits per heavy atom. The van der Waals surface area contributed by atoms with Gasteiger partial charge in [0.2, 0.25) is 0 Å². The largest absolute Gasteiger partial charge is 0.254 e. The molecule has 58 valence electrons. The lowest BCUT2D eigenvalue weighted by Crippen LogP contribution is -1.76. The molecule has 0 aliphatic heterocycles. The molecule has 1 aromatic carbocycles. The molecule has 0 bridgehead atoms. The van der Waals surface area contributed by atoms with Crippen LogP contribution in [0.15, 0.2) is 41.7 Å². The van der Waals surface area contributed by atoms with Crippen LogP contribution in [0.1, 0.15) is 0 Å². The van der Waals surface area contributed by atoms with Crippen molar-refractivity contribution in [3.63, 3.8) is 0 Å². The Hall–Kier alpha value is -1.77. The Morgan fingerprint density at radius 3 is 2.83 bits per heavy atom. The summed E-state index contributed by atoms with van der Waals surface area (Å²) in [5.74, 6) is 0. The minimum Gasteiger partial charge on any atom is -0.254 e. The molecule has 0 unspecified atom stereocenters. The van der Waals surface area contributed by atoms with Crippen LogP contribution < -0.4 is 0 Å². The smallest absolute Gasteiger partial charge is 0.134 e. The van der Waals surface area contributed by atoms with Gasteiger partial charge in [-0.1, -0.05) is 18.2 Å². The van der Waals surface area contributed by atoms with Crippen LogP contribution in [0.4, 0.5) is 5.69 Å². The first-order valence-corrected chi connectivity index (χ1v) is 3.59. The van der Waals surface area contributed by atoms with Crippen LogP contribution in [-0.4, -0.2) is 4.98 Å². The van der Waals surface area contributed by atoms with E-state index in [1.165, 1.54) is 0 Å². The zero-order chi connectivity index (χ0) is 8.39. The molecule has 1 heterocycles. The number of hydrogen-bond acceptors (Lipinski definition) is 3. The lowest BCUT2D eigenvalue weighted by atomic mass is 10.2. The molecule has 0 spiro atoms. The number of nitroso groups, excluding NO2 is 1. The molecule has 0 atom stereocenters. The average molecular weight is 158 g/mol. The fraction of sp³-hybridized carbons (Fsp3) is 0. The Bertz CT molecular complexity index is 420. The number of benzene rings is 1. The number of fused-ring (bicyclic) bond motifs is 1. The van der Waals surface area contributed by atoms with Crippen molar-refractivity contribution in [2.45, 2.75) is 0 Å². The van der Waals surface area contributed by atoms with Crippen LogP contribution in [0.3, 0.4) is 0 Å². The maximum atomic E-state index is 10.3. The number of para-hydroxylation sites is 1. The summed E-state index contributed by atoms with van der Waals surface area (Å²) < 4.78 is 0. The van der Waals surface area contributed by atoms with Gasteiger partial charge >= 0.3 is 0 Å². The number of nitrogens with zero attached hydrogens (tertiary/aromatic N) is 2. The van der Waals surface area contributed by atoms with Gasteiger partial charge < -0.3 is 0 Å². The van der Waals surface area contributed by atoms with E-state index >= 15 is 0 Å². The van der Waals surface area contributed by atoms with Crippen molar-refractivity contribution in [1.82, 2.24) is 4.98 Å². The lowest BCUT2D eigenvalue weighted by molar-refractivity contribution is 1.39. The highest BCUT2D eigenvalue weighted by Crippen LogP contribution is 2.22. The predicted octanol–water partition coefficient (Wildman–Crippen LogP) is 2.63. The fourth-order valence-corrected chi connectivity index (χ4v) is 1.16. The highest BCUT2D eigenvalue weighted by molar-refractivity contribution is 5.88. The normalized spacial score (nSPS) is 10.0. The number of hydrogen-bond donors (Lipinski definition) is 0. The molecule has 0 fully saturated rings. The highest BCUT2D eigenvalue weighted by Gasteiger charge is 1.99. The number of rotatable bonds is 1. The second-order valence-corrected chi connectivity index (χ2v) is 2.44. The van der Waals surface area contributed by atoms with Gasteiger partial charge in [-0.2, -0.15) is 0 Å². The second kappa shape index (κ2) is 2.70. The molecular weight excluding hydrogens is 152 g/mol. The molecule has 0 amide bonds. The summed E-state index contributed by atoms with van der Waals surface area (Å²) in [5, 5.41) is 3.83. The molecule has 1 aromatic heterocycles. The standard InChI is InChI=1S/C9H6N2O/c12-11-8-5-1-3-7-4-2-6-10-9(7)8/h1-6H. The molecule has 0 aliphatic rings. The summed E-state index contributed by atoms with van der Waals surface area (Å²) in [7, 11) is 0. The average Bonchev–Trinajstić information content (AvgIpc) is 2.17. The maximum Gasteiger partial charge on any atom is 0.134 e. The molecule has 0 aliphatic carbocycles. The minimum absolute atomic E-state index is 0.396. The zero-order valence-corrected chi connectivity index (χ0v) is 6.27. The molecule has 12 heavy (non-hydrogen) atoms. The van der Waals surface area contributed by atoms with E-state index in [-0.39, 0.29) is 0 Å². The van der Waals surface area contributed by atoms with E-state index in [9.17, 15) is 4.91 Å². The van der Waals surface area contributed by atoms with E-state index < -0.39 is 0 Å². The molecule has 0 N–H and O–H groups in total. The van der Waals surface area contributed by atoms with Crippen molar-refractivity contribution in [2.24, 2.45) is 5.18 Å². The predicted molar refractivity (Wildman–Crippen MR) is 47.2 cm³/mol. The highest BCUT2D eigenvalue weighted by atomic mass is 16.3. The summed E-state index contributed by atoms with van der Waals surface area (Å²) >= 11 is 0. The third-order valence-corrected chi connectivity index (χ3v) is 1.71. The number of pyridine rings is 1. The van der Waals surface area contributed by atoms with Gasteiger partial charge in [0.05, 0.1) is 5.52 Å². The van der Waals surface area contributed by atoms with Gasteiger partial charge in [-0.25, -0.2) is 0 Å². The van der Waals surface area contributed by atoms with Gasteiger partial charge in [0.25, 0.3) is 0 Å². The van der Waals surface area contributed by atoms with Gasteiger partial charge in [0.1, 0.15) is 5.69 Å². The Morgan fingerprint density at radius 2 is 2.00 bits per heavy atom. The van der Waals surface area contributed by atoms with Crippen LogP contribution in [0.5, 0.6) is 0 Å². The topological polar surface area (TPSA) is 42.3 Å². The first-order valence-electron chi connectivity index (χ1n) is 3.59. The van der Waals surface area contributed by atoms with Crippen molar-refractivity contribution in [3.8, 4) is 0 Å². The summed E-state index contributed by atoms with van der Waals surface area (Å²) in [6.07, 6.45) is 1.65. The zero-order valence-electron chi connectivity index (χ0n) is 6.27. The van der Waals surface area contributed by atoms with E-state index in [1.54, 1.807) is 18.3 Å². The Labute approximate surface area is 69.0 Å². The monoisotopic (exact) mass is 158 g/mol. The molecule has 0 saturated heterocycles. The van der Waals surface area contributed by atoms with Crippen molar-refractivity contribution in [1.29, 1.82) is 0 Å². The van der Waals surface area contributed by atoms with Crippen LogP contribution >= 0.6 is 0 Å². The summed E-state index contributed by atoms with van der Waals surface area (Å²) in [4.78, 5) is 14.4. The quantitative estimate of drug-likeness (QED) is 0.598. The molecule has 3 heteroatoms. The van der Waals surface area contributed by atoms with Crippen LogP contribution in [0.25, 0.3) is 10.9 Å². The Balaban J connectivity index is 2.88. The van der Waals surface area contributed by atoms with E-state index in [1.807, 2.05) is 18.2 Å². The third-order valence-electron chi connectivity index (χ3n) is 1.71. The van der Waals surface area contributed by atoms with Gasteiger partial charge in [-0.05, 0) is 17.3 Å². The van der Waals surface area contributed by atoms with Gasteiger partial charge in [0.15, 0.2) is 0 Å². The first-order chi connectivity index (χ1) is 5.92. The van der Waals surface area contributed by atoms with E-state index in [2.05, 4.69) is 10.2 Å². The lowest BCUT2D eigenvalue weighted by Gasteiger charge is -1.95.